The molecule has 2 nitrogen and oxygen atoms in total. The number of nitrogens with zero attached hydrogens (tertiary/aromatic N) is 1. The molecule has 0 saturated carbocycles. The van der Waals surface area contributed by atoms with Crippen LogP contribution in [-0.4, -0.2) is 5.91 Å². The highest BCUT2D eigenvalue weighted by Crippen LogP contribution is 2.03. The Labute approximate surface area is 62.8 Å². The minimum atomic E-state index is -0.670. The average Bonchev–Trinajstić information content (AvgIpc) is 1.87. The number of hydrogen-bond acceptors (Lipinski definition) is 1. The average molecular weight is 141 g/mol. The quantitative estimate of drug-likeness (QED) is 0.521. The fourth-order valence-electron chi connectivity index (χ4n) is 0.880. The van der Waals surface area contributed by atoms with E-state index in [1.807, 2.05) is 0 Å². The van der Waals surface area contributed by atoms with Crippen molar-refractivity contribution in [2.45, 2.75) is 45.4 Å². The maximum Gasteiger partial charge on any atom is 0.264 e. The number of rotatable bonds is 6. The highest BCUT2D eigenvalue weighted by atomic mass is 16.1. The Morgan fingerprint density at radius 3 is 2.30 bits per heavy atom. The fraction of sp³-hybridized carbons (Fsp3) is 0.875. The van der Waals surface area contributed by atoms with E-state index in [9.17, 15) is 4.79 Å². The van der Waals surface area contributed by atoms with Crippen LogP contribution in [0.1, 0.15) is 45.4 Å². The molecule has 2 radical (unpaired) electrons. The van der Waals surface area contributed by atoms with Gasteiger partial charge in [0.25, 0.3) is 5.91 Å². The lowest BCUT2D eigenvalue weighted by molar-refractivity contribution is -0.118. The Morgan fingerprint density at radius 1 is 1.20 bits per heavy atom. The Hall–Kier alpha value is -0.530. The summed E-state index contributed by atoms with van der Waals surface area (Å²) in [6, 6.07) is 0. The van der Waals surface area contributed by atoms with Crippen LogP contribution in [0.2, 0.25) is 0 Å². The third kappa shape index (κ3) is 7.47. The van der Waals surface area contributed by atoms with Gasteiger partial charge in [-0.1, -0.05) is 32.6 Å². The van der Waals surface area contributed by atoms with E-state index in [-0.39, 0.29) is 0 Å². The molecule has 0 fully saturated rings. The van der Waals surface area contributed by atoms with Crippen molar-refractivity contribution in [3.05, 3.63) is 0 Å². The van der Waals surface area contributed by atoms with Crippen LogP contribution in [0.25, 0.3) is 0 Å². The van der Waals surface area contributed by atoms with Crippen LogP contribution in [0.4, 0.5) is 0 Å². The monoisotopic (exact) mass is 141 g/mol. The number of unbranched alkanes of at least 4 members (excludes halogenated alkanes) is 4. The van der Waals surface area contributed by atoms with Crippen LogP contribution in [0.3, 0.4) is 0 Å². The second-order valence-corrected chi connectivity index (χ2v) is 2.56. The van der Waals surface area contributed by atoms with Gasteiger partial charge < -0.3 is 0 Å². The molecule has 2 heteroatoms. The number of carbonyl (C=O) groups is 1. The number of hydrogen-bond donors (Lipinski definition) is 0. The van der Waals surface area contributed by atoms with Crippen LogP contribution in [0, 0.1) is 0 Å². The predicted molar refractivity (Wildman–Crippen MR) is 40.5 cm³/mol. The van der Waals surface area contributed by atoms with E-state index >= 15 is 0 Å². The van der Waals surface area contributed by atoms with Crippen molar-refractivity contribution in [3.8, 4) is 0 Å². The molecule has 0 N–H and O–H groups in total. The molecule has 0 bridgehead atoms. The third-order valence-corrected chi connectivity index (χ3v) is 1.49. The second-order valence-electron chi connectivity index (χ2n) is 2.56. The van der Waals surface area contributed by atoms with Crippen LogP contribution in [0.15, 0.2) is 0 Å². The zero-order valence-electron chi connectivity index (χ0n) is 6.60. The number of amides is 1. The van der Waals surface area contributed by atoms with E-state index in [2.05, 4.69) is 6.92 Å². The van der Waals surface area contributed by atoms with E-state index in [1.54, 1.807) is 0 Å². The zero-order chi connectivity index (χ0) is 7.82. The van der Waals surface area contributed by atoms with Gasteiger partial charge >= 0.3 is 0 Å². The van der Waals surface area contributed by atoms with E-state index in [4.69, 9.17) is 5.73 Å². The van der Waals surface area contributed by atoms with Crippen LogP contribution >= 0.6 is 0 Å². The lowest BCUT2D eigenvalue weighted by atomic mass is 10.1. The Morgan fingerprint density at radius 2 is 1.80 bits per heavy atom. The molecule has 0 aliphatic rings. The normalized spacial score (nSPS) is 9.70. The summed E-state index contributed by atoms with van der Waals surface area (Å²) in [5.41, 5.74) is 8.27. The molecule has 0 spiro atoms. The standard InChI is InChI=1S/C8H15NO/c1-2-3-4-5-6-7-8(9)10/h2-7H2,1H3. The first-order valence-electron chi connectivity index (χ1n) is 3.99. The summed E-state index contributed by atoms with van der Waals surface area (Å²) in [6.07, 6.45) is 5.88. The highest BCUT2D eigenvalue weighted by Gasteiger charge is 1.95. The molecular formula is C8H15NO. The van der Waals surface area contributed by atoms with Gasteiger partial charge in [-0.05, 0) is 6.42 Å². The molecule has 58 valence electrons. The SMILES string of the molecule is CCCCCCCC([N])=O. The van der Waals surface area contributed by atoms with Crippen molar-refractivity contribution in [3.63, 3.8) is 0 Å². The Bertz CT molecular complexity index is 91.3. The molecule has 0 aliphatic carbocycles. The Kier molecular flexibility index (Phi) is 6.24. The topological polar surface area (TPSA) is 39.4 Å². The van der Waals surface area contributed by atoms with Gasteiger partial charge in [0.1, 0.15) is 0 Å². The molecule has 0 aromatic rings. The molecule has 10 heavy (non-hydrogen) atoms. The first-order chi connectivity index (χ1) is 4.77. The maximum atomic E-state index is 10.0. The summed E-state index contributed by atoms with van der Waals surface area (Å²) in [6.45, 7) is 2.15. The van der Waals surface area contributed by atoms with E-state index in [0.29, 0.717) is 6.42 Å². The summed E-state index contributed by atoms with van der Waals surface area (Å²) < 4.78 is 0. The molecule has 1 amide bonds. The van der Waals surface area contributed by atoms with Gasteiger partial charge in [0, 0.05) is 6.42 Å². The molecule has 0 atom stereocenters. The van der Waals surface area contributed by atoms with Gasteiger partial charge in [-0.15, -0.1) is 5.73 Å². The van der Waals surface area contributed by atoms with Crippen molar-refractivity contribution in [2.24, 2.45) is 0 Å². The van der Waals surface area contributed by atoms with Crippen LogP contribution < -0.4 is 5.73 Å². The first-order valence-corrected chi connectivity index (χ1v) is 3.99. The van der Waals surface area contributed by atoms with Crippen molar-refractivity contribution in [1.82, 2.24) is 5.73 Å². The fourth-order valence-corrected chi connectivity index (χ4v) is 0.880. The minimum Gasteiger partial charge on any atom is -0.271 e. The van der Waals surface area contributed by atoms with E-state index < -0.39 is 5.91 Å². The lowest BCUT2D eigenvalue weighted by Gasteiger charge is -1.94. The van der Waals surface area contributed by atoms with Crippen molar-refractivity contribution >= 4 is 5.91 Å². The van der Waals surface area contributed by atoms with Gasteiger partial charge in [-0.3, -0.25) is 4.79 Å². The summed E-state index contributed by atoms with van der Waals surface area (Å²) >= 11 is 0. The zero-order valence-corrected chi connectivity index (χ0v) is 6.60. The highest BCUT2D eigenvalue weighted by molar-refractivity contribution is 5.72. The van der Waals surface area contributed by atoms with Gasteiger partial charge in [-0.25, -0.2) is 0 Å². The molecule has 0 saturated heterocycles. The van der Waals surface area contributed by atoms with Crippen LogP contribution in [-0.2, 0) is 4.79 Å². The Balaban J connectivity index is 2.84. The third-order valence-electron chi connectivity index (χ3n) is 1.49. The second kappa shape index (κ2) is 6.59. The van der Waals surface area contributed by atoms with Gasteiger partial charge in [0.05, 0.1) is 0 Å². The van der Waals surface area contributed by atoms with Gasteiger partial charge in [-0.2, -0.15) is 0 Å². The van der Waals surface area contributed by atoms with E-state index in [0.717, 1.165) is 12.8 Å². The lowest BCUT2D eigenvalue weighted by Crippen LogP contribution is -1.96. The molecule has 0 rings (SSSR count). The molecular weight excluding hydrogens is 126 g/mol. The molecule has 0 aliphatic heterocycles. The van der Waals surface area contributed by atoms with Crippen LogP contribution in [0.5, 0.6) is 0 Å². The minimum absolute atomic E-state index is 0.337. The summed E-state index contributed by atoms with van der Waals surface area (Å²) in [5.74, 6) is -0.670. The summed E-state index contributed by atoms with van der Waals surface area (Å²) in [5, 5.41) is 0. The molecule has 0 unspecified atom stereocenters. The molecule has 0 heterocycles. The maximum absolute atomic E-state index is 10.0. The molecule has 0 aromatic carbocycles. The smallest absolute Gasteiger partial charge is 0.264 e. The first kappa shape index (κ1) is 9.47. The van der Waals surface area contributed by atoms with Gasteiger partial charge in [0.2, 0.25) is 0 Å². The largest absolute Gasteiger partial charge is 0.271 e. The predicted octanol–water partition coefficient (Wildman–Crippen LogP) is 1.94. The summed E-state index contributed by atoms with van der Waals surface area (Å²) in [4.78, 5) is 10.0. The van der Waals surface area contributed by atoms with E-state index in [1.165, 1.54) is 19.3 Å². The van der Waals surface area contributed by atoms with Crippen molar-refractivity contribution < 1.29 is 4.79 Å². The van der Waals surface area contributed by atoms with Crippen molar-refractivity contribution in [2.75, 3.05) is 0 Å². The molecule has 0 aromatic heterocycles. The summed E-state index contributed by atoms with van der Waals surface area (Å²) in [7, 11) is 0. The number of carbonyl (C=O) groups excluding carboxylic acids is 1. The van der Waals surface area contributed by atoms with Crippen molar-refractivity contribution in [1.29, 1.82) is 0 Å². The van der Waals surface area contributed by atoms with Gasteiger partial charge in [0.15, 0.2) is 0 Å².